The molecule has 1 aromatic carbocycles. The number of rotatable bonds is 5. The minimum Gasteiger partial charge on any atom is -0.395 e. The number of hydrogen-bond donors (Lipinski definition) is 0. The van der Waals surface area contributed by atoms with Crippen molar-refractivity contribution in [1.29, 1.82) is 0 Å². The first-order valence-corrected chi connectivity index (χ1v) is 8.26. The second-order valence-corrected chi connectivity index (χ2v) is 7.54. The van der Waals surface area contributed by atoms with Gasteiger partial charge in [-0.05, 0) is 18.9 Å². The molecule has 0 aromatic heterocycles. The zero-order valence-corrected chi connectivity index (χ0v) is 13.6. The van der Waals surface area contributed by atoms with Gasteiger partial charge in [0.1, 0.15) is 5.16 Å². The fourth-order valence-electron chi connectivity index (χ4n) is 2.51. The highest BCUT2D eigenvalue weighted by molar-refractivity contribution is 6.49. The Labute approximate surface area is 123 Å². The minimum atomic E-state index is -1.42. The Morgan fingerprint density at radius 2 is 1.95 bits per heavy atom. The van der Waals surface area contributed by atoms with Gasteiger partial charge in [0.25, 0.3) is 0 Å². The van der Waals surface area contributed by atoms with E-state index >= 15 is 0 Å². The lowest BCUT2D eigenvalue weighted by Crippen LogP contribution is -2.45. The number of fused-ring (bicyclic) bond motifs is 1. The highest BCUT2D eigenvalue weighted by Crippen LogP contribution is 2.26. The van der Waals surface area contributed by atoms with E-state index in [1.165, 1.54) is 11.1 Å². The molecule has 20 heavy (non-hydrogen) atoms. The predicted molar refractivity (Wildman–Crippen MR) is 85.1 cm³/mol. The van der Waals surface area contributed by atoms with E-state index in [0.29, 0.717) is 0 Å². The summed E-state index contributed by atoms with van der Waals surface area (Å²) in [4.78, 5) is 5.03. The zero-order chi connectivity index (χ0) is 14.6. The Bertz CT molecular complexity index is 523. The molecular formula is C16H22NO2Si. The molecule has 0 amide bonds. The van der Waals surface area contributed by atoms with E-state index in [0.717, 1.165) is 18.6 Å². The number of aliphatic imine (C=N–C) groups is 1. The van der Waals surface area contributed by atoms with Crippen LogP contribution in [0, 0.1) is 0 Å². The van der Waals surface area contributed by atoms with E-state index in [1.807, 2.05) is 0 Å². The Hall–Kier alpha value is -1.23. The van der Waals surface area contributed by atoms with Gasteiger partial charge in [-0.25, -0.2) is 0 Å². The van der Waals surface area contributed by atoms with Crippen LogP contribution >= 0.6 is 0 Å². The molecule has 1 aliphatic carbocycles. The third-order valence-corrected chi connectivity index (χ3v) is 5.85. The number of hydrogen-bond acceptors (Lipinski definition) is 3. The molecule has 0 saturated heterocycles. The number of nitrogens with zero attached hydrogens (tertiary/aromatic N) is 1. The van der Waals surface area contributed by atoms with Crippen molar-refractivity contribution in [2.45, 2.75) is 31.9 Å². The first-order valence-electron chi connectivity index (χ1n) is 6.94. The summed E-state index contributed by atoms with van der Waals surface area (Å²) in [5.74, 6) is 0. The molecule has 1 aromatic rings. The fourth-order valence-corrected chi connectivity index (χ4v) is 4.07. The van der Waals surface area contributed by atoms with E-state index in [-0.39, 0.29) is 5.16 Å². The standard InChI is InChI=1S/C16H22NO2Si/c1-5-16(2,20(18-3)19-4)17-15-12-8-10-13-9-6-7-11-14(13)15/h6-11H,5,12H2,1-4H3. The average Bonchev–Trinajstić information content (AvgIpc) is 2.49. The number of benzene rings is 1. The van der Waals surface area contributed by atoms with Gasteiger partial charge < -0.3 is 8.85 Å². The van der Waals surface area contributed by atoms with Gasteiger partial charge >= 0.3 is 9.28 Å². The Morgan fingerprint density at radius 3 is 2.60 bits per heavy atom. The average molecular weight is 288 g/mol. The van der Waals surface area contributed by atoms with Crippen LogP contribution in [0.15, 0.2) is 35.3 Å². The predicted octanol–water partition coefficient (Wildman–Crippen LogP) is 3.38. The van der Waals surface area contributed by atoms with Crippen molar-refractivity contribution in [3.8, 4) is 0 Å². The van der Waals surface area contributed by atoms with Crippen LogP contribution in [0.25, 0.3) is 6.08 Å². The van der Waals surface area contributed by atoms with Gasteiger partial charge in [0, 0.05) is 31.9 Å². The van der Waals surface area contributed by atoms with Gasteiger partial charge in [-0.1, -0.05) is 43.3 Å². The van der Waals surface area contributed by atoms with Gasteiger partial charge in [0.05, 0.1) is 0 Å². The van der Waals surface area contributed by atoms with Gasteiger partial charge in [-0.3, -0.25) is 4.99 Å². The molecule has 3 nitrogen and oxygen atoms in total. The maximum Gasteiger partial charge on any atom is 0.414 e. The lowest BCUT2D eigenvalue weighted by atomic mass is 9.95. The van der Waals surface area contributed by atoms with Crippen LogP contribution in [-0.4, -0.2) is 34.4 Å². The summed E-state index contributed by atoms with van der Waals surface area (Å²) in [5, 5.41) is -0.276. The van der Waals surface area contributed by atoms with E-state index in [2.05, 4.69) is 50.3 Å². The van der Waals surface area contributed by atoms with Crippen LogP contribution in [-0.2, 0) is 8.85 Å². The van der Waals surface area contributed by atoms with Crippen molar-refractivity contribution >= 4 is 21.1 Å². The van der Waals surface area contributed by atoms with Gasteiger partial charge in [0.15, 0.2) is 0 Å². The van der Waals surface area contributed by atoms with Crippen LogP contribution < -0.4 is 0 Å². The van der Waals surface area contributed by atoms with Crippen LogP contribution in [0.4, 0.5) is 0 Å². The quantitative estimate of drug-likeness (QED) is 0.778. The third-order valence-electron chi connectivity index (χ3n) is 3.76. The summed E-state index contributed by atoms with van der Waals surface area (Å²) in [6.07, 6.45) is 6.10. The van der Waals surface area contributed by atoms with Crippen LogP contribution in [0.3, 0.4) is 0 Å². The summed E-state index contributed by atoms with van der Waals surface area (Å²) in [6.45, 7) is 4.26. The van der Waals surface area contributed by atoms with Crippen molar-refractivity contribution in [2.75, 3.05) is 14.2 Å². The highest BCUT2D eigenvalue weighted by atomic mass is 28.3. The molecule has 1 unspecified atom stereocenters. The molecule has 1 radical (unpaired) electrons. The van der Waals surface area contributed by atoms with Crippen LogP contribution in [0.2, 0.25) is 0 Å². The molecule has 0 heterocycles. The Balaban J connectivity index is 2.41. The number of allylic oxidation sites excluding steroid dienone is 1. The highest BCUT2D eigenvalue weighted by Gasteiger charge is 2.38. The van der Waals surface area contributed by atoms with E-state index in [1.54, 1.807) is 14.2 Å². The summed E-state index contributed by atoms with van der Waals surface area (Å²) < 4.78 is 11.1. The lowest BCUT2D eigenvalue weighted by Gasteiger charge is -2.29. The van der Waals surface area contributed by atoms with Crippen LogP contribution in [0.5, 0.6) is 0 Å². The van der Waals surface area contributed by atoms with Gasteiger partial charge in [-0.2, -0.15) is 0 Å². The largest absolute Gasteiger partial charge is 0.414 e. The van der Waals surface area contributed by atoms with Gasteiger partial charge in [-0.15, -0.1) is 0 Å². The second kappa shape index (κ2) is 6.48. The van der Waals surface area contributed by atoms with Gasteiger partial charge in [0.2, 0.25) is 0 Å². The van der Waals surface area contributed by atoms with Crippen molar-refractivity contribution in [2.24, 2.45) is 4.99 Å². The molecular weight excluding hydrogens is 266 g/mol. The molecule has 107 valence electrons. The Morgan fingerprint density at radius 1 is 1.25 bits per heavy atom. The molecule has 2 rings (SSSR count). The molecule has 4 heteroatoms. The summed E-state index contributed by atoms with van der Waals surface area (Å²) in [7, 11) is 1.99. The van der Waals surface area contributed by atoms with E-state index in [9.17, 15) is 0 Å². The maximum absolute atomic E-state index is 5.54. The summed E-state index contributed by atoms with van der Waals surface area (Å²) in [5.41, 5.74) is 3.59. The fraction of sp³-hybridized carbons (Fsp3) is 0.438. The lowest BCUT2D eigenvalue weighted by molar-refractivity contribution is 0.244. The smallest absolute Gasteiger partial charge is 0.395 e. The topological polar surface area (TPSA) is 30.8 Å². The normalized spacial score (nSPS) is 19.1. The molecule has 0 aliphatic heterocycles. The molecule has 0 saturated carbocycles. The van der Waals surface area contributed by atoms with Crippen molar-refractivity contribution in [1.82, 2.24) is 0 Å². The molecule has 1 aliphatic rings. The maximum atomic E-state index is 5.54. The molecule has 0 N–H and O–H groups in total. The molecule has 0 fully saturated rings. The SMILES string of the molecule is CCC(C)(N=C1CC=Cc2ccccc21)[Si](OC)OC. The molecule has 1 atom stereocenters. The van der Waals surface area contributed by atoms with Crippen molar-refractivity contribution < 1.29 is 8.85 Å². The first kappa shape index (κ1) is 15.2. The minimum absolute atomic E-state index is 0.276. The van der Waals surface area contributed by atoms with Crippen molar-refractivity contribution in [3.05, 3.63) is 41.5 Å². The monoisotopic (exact) mass is 288 g/mol. The summed E-state index contributed by atoms with van der Waals surface area (Å²) >= 11 is 0. The first-order chi connectivity index (χ1) is 9.64. The third kappa shape index (κ3) is 2.92. The van der Waals surface area contributed by atoms with E-state index in [4.69, 9.17) is 13.8 Å². The zero-order valence-electron chi connectivity index (χ0n) is 12.6. The summed E-state index contributed by atoms with van der Waals surface area (Å²) in [6, 6.07) is 8.39. The Kier molecular flexibility index (Phi) is 4.91. The molecule has 0 bridgehead atoms. The van der Waals surface area contributed by atoms with Crippen LogP contribution in [0.1, 0.15) is 37.8 Å². The molecule has 0 spiro atoms. The van der Waals surface area contributed by atoms with E-state index < -0.39 is 9.28 Å². The van der Waals surface area contributed by atoms with Crippen molar-refractivity contribution in [3.63, 3.8) is 0 Å². The second-order valence-electron chi connectivity index (χ2n) is 5.08.